The highest BCUT2D eigenvalue weighted by atomic mass is 16.6. The highest BCUT2D eigenvalue weighted by molar-refractivity contribution is 5.97. The molecule has 10 nitrogen and oxygen atoms in total. The summed E-state index contributed by atoms with van der Waals surface area (Å²) in [5.74, 6) is 1.12. The summed E-state index contributed by atoms with van der Waals surface area (Å²) in [6, 6.07) is 5.75. The largest absolute Gasteiger partial charge is 0.491 e. The van der Waals surface area contributed by atoms with Crippen LogP contribution in [0.15, 0.2) is 43.0 Å². The van der Waals surface area contributed by atoms with Gasteiger partial charge in [-0.05, 0) is 12.1 Å². The van der Waals surface area contributed by atoms with E-state index in [9.17, 15) is 4.79 Å². The number of ether oxygens (including phenoxy) is 3. The maximum Gasteiger partial charge on any atom is 0.222 e. The van der Waals surface area contributed by atoms with E-state index in [0.717, 1.165) is 52.0 Å². The Labute approximate surface area is 201 Å². The van der Waals surface area contributed by atoms with E-state index in [0.29, 0.717) is 38.8 Å². The van der Waals surface area contributed by atoms with Crippen molar-refractivity contribution in [2.75, 3.05) is 31.7 Å². The fourth-order valence-electron chi connectivity index (χ4n) is 4.86. The number of H-pyrrole nitrogens is 1. The van der Waals surface area contributed by atoms with Crippen LogP contribution in [0.5, 0.6) is 5.75 Å². The van der Waals surface area contributed by atoms with Crippen LogP contribution >= 0.6 is 0 Å². The average molecular weight is 475 g/mol. The summed E-state index contributed by atoms with van der Waals surface area (Å²) in [5, 5.41) is 7.92. The first-order chi connectivity index (χ1) is 17.1. The minimum absolute atomic E-state index is 0.172. The zero-order valence-electron chi connectivity index (χ0n) is 19.4. The number of aromatic amines is 1. The second-order valence-electron chi connectivity index (χ2n) is 8.84. The number of nitrogens with one attached hydrogen (secondary N) is 2. The van der Waals surface area contributed by atoms with Crippen LogP contribution in [-0.2, 0) is 32.8 Å². The zero-order chi connectivity index (χ0) is 23.8. The highest BCUT2D eigenvalue weighted by Gasteiger charge is 2.44. The number of amides is 1. The Bertz CT molecular complexity index is 1370. The third-order valence-electron chi connectivity index (χ3n) is 6.51. The molecule has 6 rings (SSSR count). The average Bonchev–Trinajstić information content (AvgIpc) is 3.61. The maximum absolute atomic E-state index is 11.6. The molecular formula is C25H26N6O4. The number of aromatic nitrogens is 5. The van der Waals surface area contributed by atoms with Gasteiger partial charge in [0.05, 0.1) is 42.9 Å². The van der Waals surface area contributed by atoms with E-state index < -0.39 is 5.60 Å². The van der Waals surface area contributed by atoms with Crippen molar-refractivity contribution in [3.63, 3.8) is 0 Å². The number of fused-ring (bicyclic) bond motifs is 3. The maximum atomic E-state index is 11.6. The third-order valence-corrected chi connectivity index (χ3v) is 6.51. The van der Waals surface area contributed by atoms with Crippen LogP contribution in [-0.4, -0.2) is 57.1 Å². The second-order valence-corrected chi connectivity index (χ2v) is 8.84. The quantitative estimate of drug-likeness (QED) is 0.441. The molecule has 0 radical (unpaired) electrons. The standard InChI is InChI=1S/C25H26N6O4/c1-16(32)29-23-11-18-19(13-26-21(18)14-27-23)20-12-22(34-10-7-31-6-2-5-28-31)17-3-8-35-25(24(17)30-20)4-9-33-15-25/h2,5-6,11-14,26H,3-4,7-10,15H2,1H3,(H,27,29,32). The number of hydrogen-bond donors (Lipinski definition) is 2. The van der Waals surface area contributed by atoms with Gasteiger partial charge in [-0.3, -0.25) is 9.48 Å². The molecule has 0 aromatic carbocycles. The SMILES string of the molecule is CC(=O)Nc1cc2c(-c3cc(OCCn4cccn4)c4c(n3)C3(CCOC3)OCC4)c[nH]c2cn1. The van der Waals surface area contributed by atoms with Crippen LogP contribution in [0.25, 0.3) is 22.2 Å². The lowest BCUT2D eigenvalue weighted by Crippen LogP contribution is -2.37. The molecule has 0 saturated carbocycles. The number of rotatable bonds is 6. The Balaban J connectivity index is 1.43. The second kappa shape index (κ2) is 8.79. The number of hydrogen-bond acceptors (Lipinski definition) is 7. The van der Waals surface area contributed by atoms with E-state index in [2.05, 4.69) is 20.4 Å². The van der Waals surface area contributed by atoms with E-state index >= 15 is 0 Å². The van der Waals surface area contributed by atoms with E-state index in [1.807, 2.05) is 35.3 Å². The van der Waals surface area contributed by atoms with Gasteiger partial charge < -0.3 is 24.5 Å². The molecule has 4 aromatic rings. The number of carbonyl (C=O) groups excluding carboxylic acids is 1. The Hall–Kier alpha value is -3.76. The van der Waals surface area contributed by atoms with E-state index in [-0.39, 0.29) is 5.91 Å². The number of carbonyl (C=O) groups is 1. The molecule has 1 saturated heterocycles. The van der Waals surface area contributed by atoms with Crippen LogP contribution in [0.1, 0.15) is 24.6 Å². The molecule has 4 aromatic heterocycles. The Kier molecular flexibility index (Phi) is 5.46. The molecule has 1 unspecified atom stereocenters. The number of anilines is 1. The lowest BCUT2D eigenvalue weighted by atomic mass is 9.89. The number of pyridine rings is 2. The fourth-order valence-corrected chi connectivity index (χ4v) is 4.86. The van der Waals surface area contributed by atoms with E-state index in [1.165, 1.54) is 6.92 Å². The van der Waals surface area contributed by atoms with Crippen LogP contribution < -0.4 is 10.1 Å². The van der Waals surface area contributed by atoms with Crippen molar-refractivity contribution < 1.29 is 19.0 Å². The highest BCUT2D eigenvalue weighted by Crippen LogP contribution is 2.43. The van der Waals surface area contributed by atoms with Gasteiger partial charge in [0.15, 0.2) is 0 Å². The predicted octanol–water partition coefficient (Wildman–Crippen LogP) is 3.05. The van der Waals surface area contributed by atoms with Gasteiger partial charge in [0, 0.05) is 67.5 Å². The van der Waals surface area contributed by atoms with Crippen molar-refractivity contribution in [1.29, 1.82) is 0 Å². The van der Waals surface area contributed by atoms with E-state index in [4.69, 9.17) is 19.2 Å². The zero-order valence-corrected chi connectivity index (χ0v) is 19.4. The molecule has 10 heteroatoms. The molecule has 35 heavy (non-hydrogen) atoms. The van der Waals surface area contributed by atoms with Gasteiger partial charge in [-0.1, -0.05) is 0 Å². The van der Waals surface area contributed by atoms with Crippen molar-refractivity contribution >= 4 is 22.6 Å². The van der Waals surface area contributed by atoms with Crippen molar-refractivity contribution in [1.82, 2.24) is 24.7 Å². The van der Waals surface area contributed by atoms with Gasteiger partial charge in [0.25, 0.3) is 0 Å². The first-order valence-corrected chi connectivity index (χ1v) is 11.7. The molecule has 1 amide bonds. The molecule has 2 aliphatic rings. The third kappa shape index (κ3) is 4.04. The molecule has 2 aliphatic heterocycles. The van der Waals surface area contributed by atoms with Crippen LogP contribution in [0.2, 0.25) is 0 Å². The summed E-state index contributed by atoms with van der Waals surface area (Å²) in [7, 11) is 0. The van der Waals surface area contributed by atoms with Gasteiger partial charge in [-0.2, -0.15) is 5.10 Å². The number of nitrogens with zero attached hydrogens (tertiary/aromatic N) is 4. The Morgan fingerprint density at radius 1 is 1.34 bits per heavy atom. The minimum Gasteiger partial charge on any atom is -0.491 e. The summed E-state index contributed by atoms with van der Waals surface area (Å²) in [6.45, 7) is 4.30. The molecule has 1 fully saturated rings. The molecule has 6 heterocycles. The normalized spacial score (nSPS) is 19.2. The summed E-state index contributed by atoms with van der Waals surface area (Å²) in [5.41, 5.74) is 3.92. The van der Waals surface area contributed by atoms with Gasteiger partial charge in [0.2, 0.25) is 5.91 Å². The predicted molar refractivity (Wildman–Crippen MR) is 128 cm³/mol. The first-order valence-electron chi connectivity index (χ1n) is 11.7. The van der Waals surface area contributed by atoms with Crippen LogP contribution in [0.4, 0.5) is 5.82 Å². The van der Waals surface area contributed by atoms with Crippen LogP contribution in [0, 0.1) is 0 Å². The lowest BCUT2D eigenvalue weighted by molar-refractivity contribution is -0.114. The molecule has 1 atom stereocenters. The molecule has 2 N–H and O–H groups in total. The van der Waals surface area contributed by atoms with Crippen molar-refractivity contribution in [2.24, 2.45) is 0 Å². The van der Waals surface area contributed by atoms with Gasteiger partial charge >= 0.3 is 0 Å². The summed E-state index contributed by atoms with van der Waals surface area (Å²) in [4.78, 5) is 24.3. The molecule has 180 valence electrons. The van der Waals surface area contributed by atoms with Gasteiger partial charge in [-0.15, -0.1) is 0 Å². The molecule has 0 bridgehead atoms. The van der Waals surface area contributed by atoms with Crippen molar-refractivity contribution in [3.8, 4) is 17.0 Å². The Morgan fingerprint density at radius 2 is 2.29 bits per heavy atom. The smallest absolute Gasteiger partial charge is 0.222 e. The van der Waals surface area contributed by atoms with E-state index in [1.54, 1.807) is 12.4 Å². The Morgan fingerprint density at radius 3 is 3.09 bits per heavy atom. The van der Waals surface area contributed by atoms with Crippen molar-refractivity contribution in [2.45, 2.75) is 31.9 Å². The molecule has 1 spiro atoms. The fraction of sp³-hybridized carbons (Fsp3) is 0.360. The monoisotopic (exact) mass is 474 g/mol. The summed E-state index contributed by atoms with van der Waals surface area (Å²) >= 11 is 0. The molecule has 0 aliphatic carbocycles. The minimum atomic E-state index is -0.557. The lowest BCUT2D eigenvalue weighted by Gasteiger charge is -2.34. The first kappa shape index (κ1) is 21.8. The summed E-state index contributed by atoms with van der Waals surface area (Å²) in [6.07, 6.45) is 8.78. The van der Waals surface area contributed by atoms with Gasteiger partial charge in [-0.25, -0.2) is 9.97 Å². The van der Waals surface area contributed by atoms with Crippen LogP contribution in [0.3, 0.4) is 0 Å². The van der Waals surface area contributed by atoms with Gasteiger partial charge in [0.1, 0.15) is 23.8 Å². The van der Waals surface area contributed by atoms with Crippen molar-refractivity contribution in [3.05, 3.63) is 54.2 Å². The molecular weight excluding hydrogens is 448 g/mol. The summed E-state index contributed by atoms with van der Waals surface area (Å²) < 4.78 is 20.2. The topological polar surface area (TPSA) is 116 Å².